The van der Waals surface area contributed by atoms with E-state index in [0.717, 1.165) is 48.9 Å². The molecule has 1 amide bonds. The summed E-state index contributed by atoms with van der Waals surface area (Å²) in [6, 6.07) is 8.70. The van der Waals surface area contributed by atoms with Gasteiger partial charge in [-0.2, -0.15) is 9.61 Å². The number of ketones is 1. The zero-order valence-corrected chi connectivity index (χ0v) is 24.7. The van der Waals surface area contributed by atoms with Crippen LogP contribution in [-0.4, -0.2) is 74.4 Å². The summed E-state index contributed by atoms with van der Waals surface area (Å²) < 4.78 is 21.1. The van der Waals surface area contributed by atoms with Gasteiger partial charge in [0.1, 0.15) is 12.5 Å². The molecule has 2 fully saturated rings. The predicted molar refractivity (Wildman–Crippen MR) is 164 cm³/mol. The number of aliphatic imine (C=N–C) groups is 1. The number of amidine groups is 1. The maximum atomic E-state index is 14.3. The maximum Gasteiger partial charge on any atom is 0.290 e. The number of Topliss-reactive ketones (excluding diaryl/α,β-unsaturated/α-hetero) is 1. The van der Waals surface area contributed by atoms with Crippen LogP contribution in [0.5, 0.6) is 5.75 Å². The fourth-order valence-electron chi connectivity index (χ4n) is 7.34. The van der Waals surface area contributed by atoms with E-state index >= 15 is 0 Å². The van der Waals surface area contributed by atoms with Gasteiger partial charge in [-0.05, 0) is 56.4 Å². The van der Waals surface area contributed by atoms with Crippen LogP contribution in [0.15, 0.2) is 47.7 Å². The summed E-state index contributed by atoms with van der Waals surface area (Å²) in [6.45, 7) is 0.902. The first-order valence-electron chi connectivity index (χ1n) is 15.3. The van der Waals surface area contributed by atoms with Crippen LogP contribution in [0, 0.1) is 5.82 Å². The fraction of sp³-hybridized carbons (Fsp3) is 0.375. The molecule has 0 aliphatic carbocycles. The fourth-order valence-corrected chi connectivity index (χ4v) is 7.34. The molecule has 7 heterocycles. The highest BCUT2D eigenvalue weighted by Crippen LogP contribution is 2.43. The van der Waals surface area contributed by atoms with Gasteiger partial charge in [0, 0.05) is 53.9 Å². The van der Waals surface area contributed by atoms with E-state index in [1.807, 2.05) is 17.0 Å². The summed E-state index contributed by atoms with van der Waals surface area (Å²) in [6.07, 6.45) is 8.13. The number of fused-ring (bicyclic) bond motifs is 5. The summed E-state index contributed by atoms with van der Waals surface area (Å²) in [7, 11) is 1.43. The van der Waals surface area contributed by atoms with E-state index in [2.05, 4.69) is 31.2 Å². The number of hydrazine groups is 1. The zero-order chi connectivity index (χ0) is 30.7. The minimum Gasteiger partial charge on any atom is -0.494 e. The smallest absolute Gasteiger partial charge is 0.290 e. The van der Waals surface area contributed by atoms with Crippen LogP contribution in [0.4, 0.5) is 10.2 Å². The number of nitrogens with one attached hydrogen (secondary N) is 3. The average molecular weight is 610 g/mol. The molecule has 4 aliphatic heterocycles. The number of aromatic nitrogens is 4. The summed E-state index contributed by atoms with van der Waals surface area (Å²) in [5.74, 6) is 0.743. The number of methoxy groups -OCH3 is 1. The van der Waals surface area contributed by atoms with E-state index < -0.39 is 5.82 Å². The lowest BCUT2D eigenvalue weighted by Gasteiger charge is -2.29. The highest BCUT2D eigenvalue weighted by molar-refractivity contribution is 6.38. The van der Waals surface area contributed by atoms with Crippen molar-refractivity contribution in [2.45, 2.75) is 56.5 Å². The van der Waals surface area contributed by atoms with Crippen molar-refractivity contribution in [2.75, 3.05) is 25.6 Å². The van der Waals surface area contributed by atoms with Gasteiger partial charge in [0.25, 0.3) is 5.91 Å². The molecule has 2 saturated heterocycles. The van der Waals surface area contributed by atoms with Gasteiger partial charge in [-0.1, -0.05) is 6.07 Å². The van der Waals surface area contributed by atoms with E-state index in [-0.39, 0.29) is 35.4 Å². The van der Waals surface area contributed by atoms with Gasteiger partial charge in [0.15, 0.2) is 23.0 Å². The number of rotatable bonds is 5. The Hall–Kier alpha value is -4.91. The van der Waals surface area contributed by atoms with Crippen LogP contribution in [0.1, 0.15) is 60.5 Å². The van der Waals surface area contributed by atoms with Crippen molar-refractivity contribution in [3.63, 3.8) is 0 Å². The summed E-state index contributed by atoms with van der Waals surface area (Å²) in [4.78, 5) is 42.9. The molecule has 12 nitrogen and oxygen atoms in total. The number of hydrogen-bond acceptors (Lipinski definition) is 10. The molecule has 4 aromatic rings. The molecule has 0 saturated carbocycles. The molecule has 3 unspecified atom stereocenters. The Morgan fingerprint density at radius 1 is 1.07 bits per heavy atom. The lowest BCUT2D eigenvalue weighted by molar-refractivity contribution is -0.127. The molecule has 4 aliphatic rings. The minimum atomic E-state index is -0.452. The molecule has 3 N–H and O–H groups in total. The molecule has 0 spiro atoms. The van der Waals surface area contributed by atoms with E-state index in [1.165, 1.54) is 13.2 Å². The maximum absolute atomic E-state index is 14.3. The number of anilines is 1. The average Bonchev–Trinajstić information content (AvgIpc) is 3.80. The third-order valence-corrected chi connectivity index (χ3v) is 9.49. The van der Waals surface area contributed by atoms with Crippen LogP contribution in [0.2, 0.25) is 0 Å². The number of nitrogens with zero attached hydrogens (tertiary/aromatic N) is 6. The van der Waals surface area contributed by atoms with Gasteiger partial charge >= 0.3 is 0 Å². The van der Waals surface area contributed by atoms with E-state index in [0.29, 0.717) is 53.8 Å². The third kappa shape index (κ3) is 4.60. The second-order valence-corrected chi connectivity index (χ2v) is 12.0. The van der Waals surface area contributed by atoms with Gasteiger partial charge < -0.3 is 15.0 Å². The number of benzene rings is 1. The largest absolute Gasteiger partial charge is 0.494 e. The van der Waals surface area contributed by atoms with E-state index in [1.54, 1.807) is 29.0 Å². The molecule has 3 aromatic heterocycles. The number of halogens is 1. The van der Waals surface area contributed by atoms with Gasteiger partial charge in [-0.15, -0.1) is 0 Å². The van der Waals surface area contributed by atoms with Crippen molar-refractivity contribution >= 4 is 29.0 Å². The van der Waals surface area contributed by atoms with Crippen molar-refractivity contribution in [2.24, 2.45) is 4.99 Å². The molecule has 45 heavy (non-hydrogen) atoms. The van der Waals surface area contributed by atoms with Crippen molar-refractivity contribution in [3.05, 3.63) is 59.8 Å². The first kappa shape index (κ1) is 27.6. The minimum absolute atomic E-state index is 0.00280. The van der Waals surface area contributed by atoms with Crippen molar-refractivity contribution < 1.29 is 18.7 Å². The lowest BCUT2D eigenvalue weighted by atomic mass is 9.85. The van der Waals surface area contributed by atoms with Crippen LogP contribution < -0.4 is 20.9 Å². The Labute approximate surface area is 258 Å². The molecule has 2 bridgehead atoms. The quantitative estimate of drug-likeness (QED) is 0.309. The zero-order valence-electron chi connectivity index (χ0n) is 24.7. The molecule has 1 aromatic carbocycles. The van der Waals surface area contributed by atoms with Crippen molar-refractivity contribution in [1.82, 2.24) is 35.3 Å². The van der Waals surface area contributed by atoms with Crippen LogP contribution >= 0.6 is 0 Å². The predicted octanol–water partition coefficient (Wildman–Crippen LogP) is 3.70. The molecule has 3 atom stereocenters. The molecule has 8 rings (SSSR count). The second-order valence-electron chi connectivity index (χ2n) is 12.0. The van der Waals surface area contributed by atoms with Crippen molar-refractivity contribution in [1.29, 1.82) is 0 Å². The molecular formula is C32H32FN9O3. The lowest BCUT2D eigenvalue weighted by Crippen LogP contribution is -2.48. The van der Waals surface area contributed by atoms with Gasteiger partial charge in [-0.3, -0.25) is 20.0 Å². The van der Waals surface area contributed by atoms with Gasteiger partial charge in [0.2, 0.25) is 5.84 Å². The molecule has 13 heteroatoms. The van der Waals surface area contributed by atoms with Crippen LogP contribution in [0.3, 0.4) is 0 Å². The van der Waals surface area contributed by atoms with Crippen LogP contribution in [-0.2, 0) is 4.79 Å². The third-order valence-electron chi connectivity index (χ3n) is 9.49. The first-order chi connectivity index (χ1) is 22.0. The summed E-state index contributed by atoms with van der Waals surface area (Å²) in [5, 5.41) is 8.07. The van der Waals surface area contributed by atoms with Gasteiger partial charge in [-0.25, -0.2) is 19.8 Å². The van der Waals surface area contributed by atoms with Crippen LogP contribution in [0.25, 0.3) is 28.0 Å². The topological polar surface area (TPSA) is 138 Å². The Kier molecular flexibility index (Phi) is 6.70. The number of amides is 1. The number of pyridine rings is 1. The highest BCUT2D eigenvalue weighted by Gasteiger charge is 2.44. The standard InChI is InChI=1S/C32H32FN9O3/c1-45-26-9-4-17(13-23(26)33)24-8-3-19(14-35-24)22-15-38-42-30(22)39-28(27-25(43)10-11-34-31(27)42)18-2-5-20-6-7-21(12-18)41(20)32(44)29-36-16-37-40-29/h3-4,8-9,13-15,18,20-21,34,37H,2,5-7,10-12,16H2,1H3,(H,36,40). The summed E-state index contributed by atoms with van der Waals surface area (Å²) in [5.41, 5.74) is 10.6. The number of carbonyl (C=O) groups is 2. The SMILES string of the molecule is COc1ccc(-c2ccc(-c3cnn4c5c(c(C6CCC7CCC(C6)N7C(=O)C6=NCNN6)nc34)C(=O)CCN5)cn2)cc1F. The molecule has 230 valence electrons. The normalized spacial score (nSPS) is 22.4. The molecule has 0 radical (unpaired) electrons. The monoisotopic (exact) mass is 609 g/mol. The first-order valence-corrected chi connectivity index (χ1v) is 15.3. The van der Waals surface area contributed by atoms with E-state index in [4.69, 9.17) is 9.72 Å². The Morgan fingerprint density at radius 3 is 2.69 bits per heavy atom. The Bertz CT molecular complexity index is 1870. The Morgan fingerprint density at radius 2 is 1.91 bits per heavy atom. The Balaban J connectivity index is 1.16. The van der Waals surface area contributed by atoms with E-state index in [9.17, 15) is 14.0 Å². The molecular weight excluding hydrogens is 577 g/mol. The van der Waals surface area contributed by atoms with Gasteiger partial charge in [0.05, 0.1) is 30.3 Å². The number of ether oxygens (including phenoxy) is 1. The number of hydrogen-bond donors (Lipinski definition) is 3. The van der Waals surface area contributed by atoms with Crippen molar-refractivity contribution in [3.8, 4) is 28.1 Å². The number of carbonyl (C=O) groups excluding carboxylic acids is 2. The summed E-state index contributed by atoms with van der Waals surface area (Å²) >= 11 is 0. The highest BCUT2D eigenvalue weighted by atomic mass is 19.1. The second kappa shape index (κ2) is 10.9.